The van der Waals surface area contributed by atoms with Crippen LogP contribution in [0.3, 0.4) is 0 Å². The van der Waals surface area contributed by atoms with E-state index in [0.717, 1.165) is 11.6 Å². The fraction of sp³-hybridized carbons (Fsp3) is 0.333. The maximum Gasteiger partial charge on any atom is 0.296 e. The molecular weight excluding hydrogens is 462 g/mol. The molecule has 0 aliphatic carbocycles. The zero-order chi connectivity index (χ0) is 21.2. The molecular formula is C18H22BrN5O4S. The second-order valence-electron chi connectivity index (χ2n) is 6.70. The van der Waals surface area contributed by atoms with Gasteiger partial charge in [-0.15, -0.1) is 0 Å². The van der Waals surface area contributed by atoms with E-state index in [1.807, 2.05) is 13.8 Å². The third-order valence-electron chi connectivity index (χ3n) is 4.40. The van der Waals surface area contributed by atoms with Crippen LogP contribution in [-0.4, -0.2) is 47.9 Å². The number of hydrogen-bond acceptors (Lipinski definition) is 8. The van der Waals surface area contributed by atoms with E-state index in [2.05, 4.69) is 40.8 Å². The largest absolute Gasteiger partial charge is 0.394 e. The molecule has 3 aromatic rings. The van der Waals surface area contributed by atoms with Crippen LogP contribution in [-0.2, 0) is 14.3 Å². The van der Waals surface area contributed by atoms with Crippen molar-refractivity contribution in [2.45, 2.75) is 24.8 Å². The van der Waals surface area contributed by atoms with Crippen molar-refractivity contribution >= 4 is 49.0 Å². The normalized spacial score (nSPS) is 13.0. The first-order valence-corrected chi connectivity index (χ1v) is 11.0. The number of fused-ring (bicyclic) bond motifs is 1. The molecule has 0 fully saturated rings. The van der Waals surface area contributed by atoms with Crippen LogP contribution in [0.1, 0.15) is 13.8 Å². The van der Waals surface area contributed by atoms with E-state index in [0.29, 0.717) is 23.0 Å². The third kappa shape index (κ3) is 4.69. The lowest BCUT2D eigenvalue weighted by molar-refractivity contribution is 0.249. The second-order valence-corrected chi connectivity index (χ2v) is 9.27. The van der Waals surface area contributed by atoms with Crippen molar-refractivity contribution in [3.8, 4) is 0 Å². The maximum absolute atomic E-state index is 11.8. The monoisotopic (exact) mass is 483 g/mol. The van der Waals surface area contributed by atoms with E-state index >= 15 is 0 Å². The van der Waals surface area contributed by atoms with Crippen LogP contribution in [0.4, 0.5) is 17.3 Å². The number of aliphatic hydroxyl groups is 1. The lowest BCUT2D eigenvalue weighted by Crippen LogP contribution is -2.30. The minimum absolute atomic E-state index is 0.0246. The lowest BCUT2D eigenvalue weighted by atomic mass is 10.1. The predicted octanol–water partition coefficient (Wildman–Crippen LogP) is 3.00. The van der Waals surface area contributed by atoms with E-state index in [1.165, 1.54) is 12.1 Å². The summed E-state index contributed by atoms with van der Waals surface area (Å²) in [7, 11) is -2.62. The molecule has 29 heavy (non-hydrogen) atoms. The van der Waals surface area contributed by atoms with E-state index in [4.69, 9.17) is 0 Å². The fourth-order valence-corrected chi connectivity index (χ4v) is 3.67. The first-order valence-electron chi connectivity index (χ1n) is 8.84. The van der Waals surface area contributed by atoms with Gasteiger partial charge in [0, 0.05) is 11.8 Å². The topological polar surface area (TPSA) is 118 Å². The Morgan fingerprint density at radius 2 is 1.97 bits per heavy atom. The van der Waals surface area contributed by atoms with Crippen LogP contribution in [0, 0.1) is 5.92 Å². The van der Waals surface area contributed by atoms with Gasteiger partial charge in [0.1, 0.15) is 11.6 Å². The molecule has 2 aromatic heterocycles. The molecule has 3 rings (SSSR count). The Balaban J connectivity index is 1.96. The number of halogens is 1. The molecule has 1 aromatic carbocycles. The Morgan fingerprint density at radius 3 is 2.55 bits per heavy atom. The molecule has 11 heteroatoms. The molecule has 0 unspecified atom stereocenters. The van der Waals surface area contributed by atoms with Gasteiger partial charge in [0.05, 0.1) is 35.3 Å². The van der Waals surface area contributed by atoms with Crippen molar-refractivity contribution in [3.63, 3.8) is 0 Å². The minimum atomic E-state index is -3.75. The zero-order valence-electron chi connectivity index (χ0n) is 16.1. The van der Waals surface area contributed by atoms with Crippen LogP contribution < -0.4 is 10.6 Å². The van der Waals surface area contributed by atoms with E-state index in [-0.39, 0.29) is 23.5 Å². The fourth-order valence-electron chi connectivity index (χ4n) is 2.66. The van der Waals surface area contributed by atoms with E-state index in [1.54, 1.807) is 28.9 Å². The van der Waals surface area contributed by atoms with Crippen molar-refractivity contribution in [2.24, 2.45) is 5.92 Å². The second kappa shape index (κ2) is 8.66. The molecule has 0 spiro atoms. The van der Waals surface area contributed by atoms with Crippen LogP contribution in [0.15, 0.2) is 45.9 Å². The zero-order valence-corrected chi connectivity index (χ0v) is 18.5. The number of hydrogen-bond donors (Lipinski definition) is 3. The molecule has 0 saturated heterocycles. The van der Waals surface area contributed by atoms with Crippen molar-refractivity contribution < 1.29 is 17.7 Å². The summed E-state index contributed by atoms with van der Waals surface area (Å²) in [6, 6.07) is 7.80. The van der Waals surface area contributed by atoms with Crippen LogP contribution >= 0.6 is 15.9 Å². The smallest absolute Gasteiger partial charge is 0.296 e. The summed E-state index contributed by atoms with van der Waals surface area (Å²) < 4.78 is 30.4. The van der Waals surface area contributed by atoms with E-state index in [9.17, 15) is 13.5 Å². The Hall–Kier alpha value is -2.21. The van der Waals surface area contributed by atoms with Gasteiger partial charge < -0.3 is 15.7 Å². The van der Waals surface area contributed by atoms with Crippen LogP contribution in [0.5, 0.6) is 0 Å². The van der Waals surface area contributed by atoms with Crippen LogP contribution in [0.25, 0.3) is 5.65 Å². The summed E-state index contributed by atoms with van der Waals surface area (Å²) in [6.45, 7) is 4.00. The van der Waals surface area contributed by atoms with Crippen molar-refractivity contribution in [2.75, 3.05) is 24.4 Å². The van der Waals surface area contributed by atoms with Crippen molar-refractivity contribution in [1.29, 1.82) is 0 Å². The molecule has 0 aliphatic rings. The van der Waals surface area contributed by atoms with E-state index < -0.39 is 10.1 Å². The Labute approximate surface area is 177 Å². The van der Waals surface area contributed by atoms with Gasteiger partial charge in [0.15, 0.2) is 5.65 Å². The molecule has 3 N–H and O–H groups in total. The Bertz CT molecular complexity index is 1100. The van der Waals surface area contributed by atoms with Crippen LogP contribution in [0.2, 0.25) is 0 Å². The quantitative estimate of drug-likeness (QED) is 0.418. The number of nitrogens with one attached hydrogen (secondary N) is 2. The highest BCUT2D eigenvalue weighted by Gasteiger charge is 2.16. The first-order chi connectivity index (χ1) is 13.7. The maximum atomic E-state index is 11.8. The number of benzene rings is 1. The molecule has 0 aliphatic heterocycles. The highest BCUT2D eigenvalue weighted by atomic mass is 79.9. The number of anilines is 3. The van der Waals surface area contributed by atoms with Crippen molar-refractivity contribution in [3.05, 3.63) is 41.0 Å². The van der Waals surface area contributed by atoms with Crippen molar-refractivity contribution in [1.82, 2.24) is 14.6 Å². The highest BCUT2D eigenvalue weighted by molar-refractivity contribution is 9.10. The average molecular weight is 484 g/mol. The summed E-state index contributed by atoms with van der Waals surface area (Å²) in [5, 5.41) is 20.4. The molecule has 0 amide bonds. The number of aromatic nitrogens is 3. The SMILES string of the molecule is COS(=O)(=O)c1ccc(Nc2cc(N[C@H](CO)C(C)C)nc3c(Br)cnn23)cc1. The summed E-state index contributed by atoms with van der Waals surface area (Å²) in [5.74, 6) is 1.40. The summed E-state index contributed by atoms with van der Waals surface area (Å²) in [5.41, 5.74) is 1.25. The molecule has 0 saturated carbocycles. The van der Waals surface area contributed by atoms with Gasteiger partial charge >= 0.3 is 0 Å². The molecule has 0 radical (unpaired) electrons. The lowest BCUT2D eigenvalue weighted by Gasteiger charge is -2.21. The highest BCUT2D eigenvalue weighted by Crippen LogP contribution is 2.26. The molecule has 156 valence electrons. The van der Waals surface area contributed by atoms with Gasteiger partial charge in [-0.3, -0.25) is 4.18 Å². The molecule has 1 atom stereocenters. The summed E-state index contributed by atoms with van der Waals surface area (Å²) >= 11 is 3.44. The van der Waals surface area contributed by atoms with Gasteiger partial charge in [-0.1, -0.05) is 13.8 Å². The van der Waals surface area contributed by atoms with Gasteiger partial charge in [-0.05, 0) is 46.1 Å². The summed E-state index contributed by atoms with van der Waals surface area (Å²) in [4.78, 5) is 4.63. The standard InChI is InChI=1S/C18H22BrN5O4S/c1-11(2)15(10-25)22-16-8-17(24-18(23-16)14(19)9-20-24)21-12-4-6-13(7-5-12)29(26,27)28-3/h4-9,11,15,21,25H,10H2,1-3H3,(H,22,23)/t15-/m1/s1. The number of aliphatic hydroxyl groups excluding tert-OH is 1. The Kier molecular flexibility index (Phi) is 6.42. The first kappa shape index (κ1) is 21.5. The Morgan fingerprint density at radius 1 is 1.28 bits per heavy atom. The average Bonchev–Trinajstić information content (AvgIpc) is 3.07. The third-order valence-corrected chi connectivity index (χ3v) is 6.25. The predicted molar refractivity (Wildman–Crippen MR) is 114 cm³/mol. The van der Waals surface area contributed by atoms with Gasteiger partial charge in [-0.2, -0.15) is 18.0 Å². The molecule has 9 nitrogen and oxygen atoms in total. The van der Waals surface area contributed by atoms with Gasteiger partial charge in [0.2, 0.25) is 0 Å². The molecule has 0 bridgehead atoms. The number of rotatable bonds is 8. The minimum Gasteiger partial charge on any atom is -0.394 e. The van der Waals surface area contributed by atoms with Gasteiger partial charge in [-0.25, -0.2) is 4.98 Å². The molecule has 2 heterocycles. The number of nitrogens with zero attached hydrogens (tertiary/aromatic N) is 3. The van der Waals surface area contributed by atoms with Gasteiger partial charge in [0.25, 0.3) is 10.1 Å². The summed E-state index contributed by atoms with van der Waals surface area (Å²) in [6.07, 6.45) is 1.64.